The third-order valence-corrected chi connectivity index (χ3v) is 8.78. The lowest BCUT2D eigenvalue weighted by Gasteiger charge is -2.39. The van der Waals surface area contributed by atoms with Crippen molar-refractivity contribution in [1.29, 1.82) is 0 Å². The van der Waals surface area contributed by atoms with Gasteiger partial charge in [0.1, 0.15) is 29.9 Å². The highest BCUT2D eigenvalue weighted by Crippen LogP contribution is 2.29. The van der Waals surface area contributed by atoms with Gasteiger partial charge in [0.15, 0.2) is 0 Å². The van der Waals surface area contributed by atoms with Gasteiger partial charge in [-0.25, -0.2) is 0 Å². The Kier molecular flexibility index (Phi) is 23.8. The molecule has 1 aliphatic heterocycles. The molecule has 13 nitrogen and oxygen atoms in total. The van der Waals surface area contributed by atoms with Crippen LogP contribution in [0.15, 0.2) is 0 Å². The summed E-state index contributed by atoms with van der Waals surface area (Å²) in [5, 5.41) is 50.5. The molecule has 0 aromatic carbocycles. The number of thioether (sulfide) groups is 1. The first-order valence-electron chi connectivity index (χ1n) is 16.6. The van der Waals surface area contributed by atoms with E-state index in [1.165, 1.54) is 18.7 Å². The summed E-state index contributed by atoms with van der Waals surface area (Å²) < 4.78 is 5.47. The van der Waals surface area contributed by atoms with Crippen LogP contribution in [-0.2, 0) is 23.9 Å². The first-order valence-corrected chi connectivity index (χ1v) is 17.7. The lowest BCUT2D eigenvalue weighted by Crippen LogP contribution is -2.57. The molecule has 4 amide bonds. The fourth-order valence-corrected chi connectivity index (χ4v) is 5.97. The van der Waals surface area contributed by atoms with E-state index in [1.54, 1.807) is 0 Å². The lowest BCUT2D eigenvalue weighted by atomic mass is 10.0. The molecule has 1 rings (SSSR count). The van der Waals surface area contributed by atoms with Gasteiger partial charge >= 0.3 is 0 Å². The molecule has 0 aromatic heterocycles. The predicted molar refractivity (Wildman–Crippen MR) is 173 cm³/mol. The van der Waals surface area contributed by atoms with Gasteiger partial charge in [-0.15, -0.1) is 11.8 Å². The average Bonchev–Trinajstić information content (AvgIpc) is 3.01. The number of rotatable bonds is 26. The SMILES string of the molecule is CC(=O)NCCCCCC(=O)NCCCCCC(=O)NCCCCCC(=O)NCCCCCSC1OC(CO)C(O)C(O)C1O. The van der Waals surface area contributed by atoms with Crippen LogP contribution in [0.5, 0.6) is 0 Å². The number of nitrogens with one attached hydrogen (secondary N) is 4. The van der Waals surface area contributed by atoms with Crippen LogP contribution >= 0.6 is 11.8 Å². The second kappa shape index (κ2) is 26.1. The number of hydrogen-bond acceptors (Lipinski definition) is 10. The summed E-state index contributed by atoms with van der Waals surface area (Å²) in [6, 6.07) is 0. The van der Waals surface area contributed by atoms with E-state index in [1.807, 2.05) is 0 Å². The summed E-state index contributed by atoms with van der Waals surface area (Å²) in [5.41, 5.74) is -0.707. The molecule has 0 aliphatic carbocycles. The summed E-state index contributed by atoms with van der Waals surface area (Å²) in [5.74, 6) is 0.740. The van der Waals surface area contributed by atoms with Crippen LogP contribution in [0, 0.1) is 0 Å². The molecular weight excluding hydrogens is 604 g/mol. The first-order chi connectivity index (χ1) is 21.6. The molecular formula is C31H58N4O9S. The van der Waals surface area contributed by atoms with Gasteiger partial charge in [0.05, 0.1) is 6.61 Å². The fraction of sp³-hybridized carbons (Fsp3) is 0.871. The molecule has 0 bridgehead atoms. The minimum Gasteiger partial charge on any atom is -0.394 e. The van der Waals surface area contributed by atoms with E-state index in [0.717, 1.165) is 77.0 Å². The van der Waals surface area contributed by atoms with Gasteiger partial charge in [-0.3, -0.25) is 19.2 Å². The predicted octanol–water partition coefficient (Wildman–Crippen LogP) is 0.856. The van der Waals surface area contributed by atoms with Gasteiger partial charge in [0.2, 0.25) is 23.6 Å². The van der Waals surface area contributed by atoms with Gasteiger partial charge in [0.25, 0.3) is 0 Å². The molecule has 5 unspecified atom stereocenters. The molecule has 1 fully saturated rings. The summed E-state index contributed by atoms with van der Waals surface area (Å²) in [4.78, 5) is 46.7. The Morgan fingerprint density at radius 2 is 1.00 bits per heavy atom. The molecule has 14 heteroatoms. The van der Waals surface area contributed by atoms with Gasteiger partial charge < -0.3 is 46.4 Å². The van der Waals surface area contributed by atoms with Gasteiger partial charge in [-0.1, -0.05) is 25.7 Å². The van der Waals surface area contributed by atoms with Crippen molar-refractivity contribution >= 4 is 35.4 Å². The molecule has 262 valence electrons. The third kappa shape index (κ3) is 20.7. The van der Waals surface area contributed by atoms with E-state index in [-0.39, 0.29) is 23.6 Å². The van der Waals surface area contributed by atoms with E-state index in [9.17, 15) is 39.6 Å². The zero-order valence-corrected chi connectivity index (χ0v) is 27.8. The van der Waals surface area contributed by atoms with Crippen LogP contribution in [0.3, 0.4) is 0 Å². The van der Waals surface area contributed by atoms with Crippen molar-refractivity contribution in [1.82, 2.24) is 21.3 Å². The number of hydrogen-bond donors (Lipinski definition) is 8. The number of carbonyl (C=O) groups excluding carboxylic acids is 4. The highest BCUT2D eigenvalue weighted by atomic mass is 32.2. The molecule has 0 radical (unpaired) electrons. The Labute approximate surface area is 272 Å². The number of aliphatic hydroxyl groups excluding tert-OH is 4. The maximum Gasteiger partial charge on any atom is 0.219 e. The number of carbonyl (C=O) groups is 4. The maximum atomic E-state index is 12.0. The molecule has 8 N–H and O–H groups in total. The van der Waals surface area contributed by atoms with E-state index in [0.29, 0.717) is 51.2 Å². The van der Waals surface area contributed by atoms with Crippen LogP contribution in [0.1, 0.15) is 103 Å². The average molecular weight is 663 g/mol. The van der Waals surface area contributed by atoms with Gasteiger partial charge in [-0.05, 0) is 57.1 Å². The van der Waals surface area contributed by atoms with Crippen LogP contribution in [-0.4, -0.2) is 112 Å². The highest BCUT2D eigenvalue weighted by Gasteiger charge is 2.43. The second-order valence-electron chi connectivity index (χ2n) is 11.6. The third-order valence-electron chi connectivity index (χ3n) is 7.53. The highest BCUT2D eigenvalue weighted by molar-refractivity contribution is 7.99. The largest absolute Gasteiger partial charge is 0.394 e. The molecule has 45 heavy (non-hydrogen) atoms. The minimum absolute atomic E-state index is 0.0182. The Bertz CT molecular complexity index is 837. The van der Waals surface area contributed by atoms with Crippen molar-refractivity contribution in [3.63, 3.8) is 0 Å². The topological polar surface area (TPSA) is 207 Å². The van der Waals surface area contributed by atoms with E-state index in [2.05, 4.69) is 21.3 Å². The van der Waals surface area contributed by atoms with Crippen LogP contribution in [0.2, 0.25) is 0 Å². The Balaban J connectivity index is 1.87. The van der Waals surface area contributed by atoms with Crippen LogP contribution in [0.4, 0.5) is 0 Å². The van der Waals surface area contributed by atoms with Crippen molar-refractivity contribution in [2.24, 2.45) is 0 Å². The number of amides is 4. The zero-order valence-electron chi connectivity index (χ0n) is 27.0. The zero-order chi connectivity index (χ0) is 33.3. The van der Waals surface area contributed by atoms with Gasteiger partial charge in [-0.2, -0.15) is 0 Å². The molecule has 5 atom stereocenters. The van der Waals surface area contributed by atoms with Crippen LogP contribution in [0.25, 0.3) is 0 Å². The Morgan fingerprint density at radius 1 is 0.578 bits per heavy atom. The van der Waals surface area contributed by atoms with Crippen molar-refractivity contribution in [2.75, 3.05) is 38.5 Å². The van der Waals surface area contributed by atoms with Crippen molar-refractivity contribution in [3.8, 4) is 0 Å². The Hall–Kier alpha value is -1.97. The van der Waals surface area contributed by atoms with Gasteiger partial charge in [0, 0.05) is 52.4 Å². The lowest BCUT2D eigenvalue weighted by molar-refractivity contribution is -0.205. The van der Waals surface area contributed by atoms with Crippen molar-refractivity contribution in [2.45, 2.75) is 133 Å². The number of aliphatic hydroxyl groups is 4. The summed E-state index contributed by atoms with van der Waals surface area (Å²) in [6.45, 7) is 3.52. The van der Waals surface area contributed by atoms with E-state index in [4.69, 9.17) is 4.74 Å². The number of ether oxygens (including phenoxy) is 1. The minimum atomic E-state index is -1.35. The molecule has 1 aliphatic rings. The monoisotopic (exact) mass is 662 g/mol. The standard InChI is InChI=1S/C31H58N4O9S/c1-23(37)32-17-9-2-6-14-25(38)33-18-10-3-7-15-26(39)34-19-11-4-8-16-27(40)35-20-12-5-13-21-45-31-30(43)29(42)28(41)24(22-36)44-31/h24,28-31,36,41-43H,2-22H2,1H3,(H,32,37)(H,33,38)(H,34,39)(H,35,40). The second-order valence-corrected chi connectivity index (χ2v) is 12.8. The number of unbranched alkanes of at least 4 members (excludes halogenated alkanes) is 8. The van der Waals surface area contributed by atoms with Crippen molar-refractivity contribution in [3.05, 3.63) is 0 Å². The van der Waals surface area contributed by atoms with Crippen LogP contribution < -0.4 is 21.3 Å². The van der Waals surface area contributed by atoms with E-state index < -0.39 is 36.5 Å². The summed E-state index contributed by atoms with van der Waals surface area (Å²) >= 11 is 1.34. The molecule has 1 heterocycles. The first kappa shape index (κ1) is 41.1. The van der Waals surface area contributed by atoms with E-state index >= 15 is 0 Å². The normalized spacial score (nSPS) is 21.2. The molecule has 0 aromatic rings. The molecule has 1 saturated heterocycles. The van der Waals surface area contributed by atoms with Crippen molar-refractivity contribution < 1.29 is 44.3 Å². The summed E-state index contributed by atoms with van der Waals surface area (Å²) in [6.07, 6.45) is 6.68. The quantitative estimate of drug-likeness (QED) is 0.0613. The summed E-state index contributed by atoms with van der Waals surface area (Å²) in [7, 11) is 0. The smallest absolute Gasteiger partial charge is 0.219 e. The maximum absolute atomic E-state index is 12.0. The molecule has 0 spiro atoms. The Morgan fingerprint density at radius 3 is 1.42 bits per heavy atom. The fourth-order valence-electron chi connectivity index (χ4n) is 4.78. The molecule has 0 saturated carbocycles.